The first-order chi connectivity index (χ1) is 18.9. The SMILES string of the molecule is CCCCCC(CCCCC)C1CC#CC(c2ccccc2)c2cc(O)c(OC)cc2CCC(=O)C(O)C1=O. The van der Waals surface area contributed by atoms with Crippen molar-refractivity contribution in [1.29, 1.82) is 0 Å². The van der Waals surface area contributed by atoms with Crippen molar-refractivity contribution < 1.29 is 24.5 Å². The Morgan fingerprint density at radius 3 is 2.26 bits per heavy atom. The summed E-state index contributed by atoms with van der Waals surface area (Å²) in [5.74, 6) is 5.48. The molecule has 2 aromatic rings. The summed E-state index contributed by atoms with van der Waals surface area (Å²) in [5, 5.41) is 21.5. The Balaban J connectivity index is 2.09. The minimum Gasteiger partial charge on any atom is -0.504 e. The summed E-state index contributed by atoms with van der Waals surface area (Å²) < 4.78 is 5.34. The number of hydrogen-bond donors (Lipinski definition) is 2. The lowest BCUT2D eigenvalue weighted by Gasteiger charge is -2.27. The first kappa shape index (κ1) is 30.4. The van der Waals surface area contributed by atoms with E-state index in [1.165, 1.54) is 7.11 Å². The van der Waals surface area contributed by atoms with Crippen molar-refractivity contribution in [2.75, 3.05) is 7.11 Å². The number of hydrogen-bond acceptors (Lipinski definition) is 5. The second-order valence-corrected chi connectivity index (χ2v) is 10.7. The third kappa shape index (κ3) is 8.19. The Kier molecular flexibility index (Phi) is 12.1. The van der Waals surface area contributed by atoms with Crippen molar-refractivity contribution in [3.63, 3.8) is 0 Å². The number of aliphatic hydroxyl groups excluding tert-OH is 1. The van der Waals surface area contributed by atoms with E-state index < -0.39 is 17.8 Å². The molecule has 0 radical (unpaired) electrons. The molecule has 0 fully saturated rings. The maximum Gasteiger partial charge on any atom is 0.173 e. The van der Waals surface area contributed by atoms with Crippen LogP contribution in [-0.2, 0) is 16.0 Å². The van der Waals surface area contributed by atoms with Crippen LogP contribution >= 0.6 is 0 Å². The fourth-order valence-corrected chi connectivity index (χ4v) is 5.65. The lowest BCUT2D eigenvalue weighted by atomic mass is 9.77. The Labute approximate surface area is 234 Å². The molecule has 210 valence electrons. The molecule has 5 heteroatoms. The maximum atomic E-state index is 13.6. The van der Waals surface area contributed by atoms with Crippen LogP contribution in [0, 0.1) is 23.7 Å². The quantitative estimate of drug-likeness (QED) is 0.190. The number of fused-ring (bicyclic) bond motifs is 1. The predicted molar refractivity (Wildman–Crippen MR) is 155 cm³/mol. The molecular formula is C34H44O5. The zero-order valence-corrected chi connectivity index (χ0v) is 23.7. The van der Waals surface area contributed by atoms with Gasteiger partial charge in [0.15, 0.2) is 29.2 Å². The molecule has 39 heavy (non-hydrogen) atoms. The number of methoxy groups -OCH3 is 1. The molecule has 3 unspecified atom stereocenters. The summed E-state index contributed by atoms with van der Waals surface area (Å²) in [7, 11) is 1.48. The van der Waals surface area contributed by atoms with Crippen LogP contribution in [0.15, 0.2) is 42.5 Å². The van der Waals surface area contributed by atoms with Gasteiger partial charge in [-0.15, -0.1) is 5.92 Å². The van der Waals surface area contributed by atoms with Crippen LogP contribution in [0.2, 0.25) is 0 Å². The Hall–Kier alpha value is -3.10. The normalized spacial score (nSPS) is 20.0. The third-order valence-electron chi connectivity index (χ3n) is 7.96. The average molecular weight is 533 g/mol. The molecular weight excluding hydrogens is 488 g/mol. The van der Waals surface area contributed by atoms with Crippen LogP contribution in [0.3, 0.4) is 0 Å². The van der Waals surface area contributed by atoms with Crippen LogP contribution in [0.5, 0.6) is 11.5 Å². The molecule has 0 aromatic heterocycles. The lowest BCUT2D eigenvalue weighted by Crippen LogP contribution is -2.38. The number of aryl methyl sites for hydroxylation is 1. The number of benzene rings is 2. The van der Waals surface area contributed by atoms with E-state index in [0.29, 0.717) is 18.6 Å². The molecule has 0 aliphatic heterocycles. The number of aliphatic hydroxyl groups is 1. The highest BCUT2D eigenvalue weighted by atomic mass is 16.5. The molecule has 0 saturated heterocycles. The van der Waals surface area contributed by atoms with Crippen LogP contribution in [0.4, 0.5) is 0 Å². The van der Waals surface area contributed by atoms with E-state index in [4.69, 9.17) is 4.74 Å². The van der Waals surface area contributed by atoms with Crippen LogP contribution in [0.1, 0.15) is 101 Å². The Morgan fingerprint density at radius 2 is 1.64 bits per heavy atom. The molecule has 0 saturated carbocycles. The van der Waals surface area contributed by atoms with Gasteiger partial charge in [0.2, 0.25) is 0 Å². The first-order valence-corrected chi connectivity index (χ1v) is 14.6. The van der Waals surface area contributed by atoms with Crippen molar-refractivity contribution in [1.82, 2.24) is 0 Å². The van der Waals surface area contributed by atoms with Gasteiger partial charge in [-0.05, 0) is 54.0 Å². The number of phenolic OH excluding ortho intramolecular Hbond substituents is 1. The van der Waals surface area contributed by atoms with Crippen molar-refractivity contribution in [2.24, 2.45) is 11.8 Å². The summed E-state index contributed by atoms with van der Waals surface area (Å²) in [5.41, 5.74) is 2.58. The monoisotopic (exact) mass is 532 g/mol. The summed E-state index contributed by atoms with van der Waals surface area (Å²) in [6.07, 6.45) is 7.21. The number of carbonyl (C=O) groups is 2. The summed E-state index contributed by atoms with van der Waals surface area (Å²) in [6.45, 7) is 4.33. The molecule has 0 heterocycles. The maximum absolute atomic E-state index is 13.6. The van der Waals surface area contributed by atoms with E-state index in [1.54, 1.807) is 12.1 Å². The highest BCUT2D eigenvalue weighted by Crippen LogP contribution is 2.37. The smallest absolute Gasteiger partial charge is 0.173 e. The largest absolute Gasteiger partial charge is 0.504 e. The van der Waals surface area contributed by atoms with Gasteiger partial charge >= 0.3 is 0 Å². The molecule has 0 amide bonds. The molecule has 2 N–H and O–H groups in total. The molecule has 1 aliphatic carbocycles. The number of rotatable bonds is 11. The van der Waals surface area contributed by atoms with Gasteiger partial charge in [0, 0.05) is 18.8 Å². The van der Waals surface area contributed by atoms with E-state index in [1.807, 2.05) is 30.3 Å². The first-order valence-electron chi connectivity index (χ1n) is 14.6. The van der Waals surface area contributed by atoms with Crippen molar-refractivity contribution in [2.45, 2.75) is 96.5 Å². The number of phenols is 1. The van der Waals surface area contributed by atoms with Gasteiger partial charge in [-0.2, -0.15) is 0 Å². The van der Waals surface area contributed by atoms with Crippen molar-refractivity contribution in [3.8, 4) is 23.3 Å². The number of unbranched alkanes of at least 4 members (excludes halogenated alkanes) is 4. The summed E-state index contributed by atoms with van der Waals surface area (Å²) in [4.78, 5) is 26.8. The van der Waals surface area contributed by atoms with E-state index >= 15 is 0 Å². The van der Waals surface area contributed by atoms with Gasteiger partial charge in [0.05, 0.1) is 13.0 Å². The fraction of sp³-hybridized carbons (Fsp3) is 0.529. The summed E-state index contributed by atoms with van der Waals surface area (Å²) >= 11 is 0. The molecule has 1 aliphatic rings. The van der Waals surface area contributed by atoms with Gasteiger partial charge in [-0.3, -0.25) is 9.59 Å². The Morgan fingerprint density at radius 1 is 0.974 bits per heavy atom. The Bertz CT molecular complexity index is 1130. The van der Waals surface area contributed by atoms with Gasteiger partial charge in [0.25, 0.3) is 0 Å². The van der Waals surface area contributed by atoms with Crippen molar-refractivity contribution >= 4 is 11.6 Å². The second-order valence-electron chi connectivity index (χ2n) is 10.7. The highest BCUT2D eigenvalue weighted by molar-refractivity contribution is 6.06. The third-order valence-corrected chi connectivity index (χ3v) is 7.96. The molecule has 3 atom stereocenters. The molecule has 3 rings (SSSR count). The van der Waals surface area contributed by atoms with Gasteiger partial charge < -0.3 is 14.9 Å². The molecule has 0 spiro atoms. The lowest BCUT2D eigenvalue weighted by molar-refractivity contribution is -0.142. The standard InChI is InChI=1S/C34H44O5/c1-4-6-9-14-25(15-10-7-5-2)28-19-13-18-27(24-16-11-8-12-17-24)29-23-31(36)32(39-3)22-26(29)20-21-30(35)34(38)33(28)37/h8,11-12,16-17,22-23,25,27-28,34,36,38H,4-7,9-10,14-15,19-21H2,1-3H3. The minimum atomic E-state index is -1.64. The minimum absolute atomic E-state index is 0.0115. The topological polar surface area (TPSA) is 83.8 Å². The van der Waals surface area contributed by atoms with Gasteiger partial charge in [-0.1, -0.05) is 88.6 Å². The van der Waals surface area contributed by atoms with E-state index in [9.17, 15) is 19.8 Å². The highest BCUT2D eigenvalue weighted by Gasteiger charge is 2.35. The van der Waals surface area contributed by atoms with Gasteiger partial charge in [0.1, 0.15) is 0 Å². The van der Waals surface area contributed by atoms with E-state index in [-0.39, 0.29) is 29.8 Å². The van der Waals surface area contributed by atoms with Crippen molar-refractivity contribution in [3.05, 3.63) is 59.2 Å². The van der Waals surface area contributed by atoms with E-state index in [0.717, 1.165) is 68.1 Å². The molecule has 0 bridgehead atoms. The summed E-state index contributed by atoms with van der Waals surface area (Å²) in [6, 6.07) is 13.3. The number of Topliss-reactive ketones (excluding diaryl/α,β-unsaturated/α-hetero) is 2. The zero-order valence-electron chi connectivity index (χ0n) is 23.7. The number of aromatic hydroxyl groups is 1. The predicted octanol–water partition coefficient (Wildman–Crippen LogP) is 6.76. The zero-order chi connectivity index (χ0) is 28.2. The van der Waals surface area contributed by atoms with E-state index in [2.05, 4.69) is 25.7 Å². The average Bonchev–Trinajstić information content (AvgIpc) is 2.95. The van der Waals surface area contributed by atoms with Gasteiger partial charge in [-0.25, -0.2) is 0 Å². The number of carbonyl (C=O) groups excluding carboxylic acids is 2. The fourth-order valence-electron chi connectivity index (χ4n) is 5.65. The molecule has 2 aromatic carbocycles. The van der Waals surface area contributed by atoms with Crippen LogP contribution in [0.25, 0.3) is 0 Å². The number of ketones is 2. The van der Waals surface area contributed by atoms with Crippen LogP contribution < -0.4 is 4.74 Å². The number of ether oxygens (including phenoxy) is 1. The molecule has 5 nitrogen and oxygen atoms in total. The second kappa shape index (κ2) is 15.5. The van der Waals surface area contributed by atoms with Crippen LogP contribution in [-0.4, -0.2) is 35.0 Å².